The first-order valence-corrected chi connectivity index (χ1v) is 15.2. The zero-order chi connectivity index (χ0) is 27.6. The van der Waals surface area contributed by atoms with E-state index >= 15 is 0 Å². The first kappa shape index (κ1) is 28.4. The molecule has 1 heterocycles. The van der Waals surface area contributed by atoms with Crippen LogP contribution >= 0.6 is 0 Å². The van der Waals surface area contributed by atoms with Crippen LogP contribution in [-0.2, 0) is 17.4 Å². The Kier molecular flexibility index (Phi) is 8.61. The monoisotopic (exact) mass is 534 g/mol. The number of methoxy groups -OCH3 is 2. The third-order valence-electron chi connectivity index (χ3n) is 10.5. The van der Waals surface area contributed by atoms with E-state index in [0.29, 0.717) is 11.3 Å². The molecule has 214 valence electrons. The van der Waals surface area contributed by atoms with Crippen LogP contribution in [0.3, 0.4) is 0 Å². The topological polar surface area (TPSA) is 45.2 Å². The van der Waals surface area contributed by atoms with Crippen LogP contribution in [-0.4, -0.2) is 69.4 Å². The number of rotatable bonds is 5. The second-order valence-electron chi connectivity index (χ2n) is 12.9. The number of ether oxygens (including phenoxy) is 2. The third-order valence-corrected chi connectivity index (χ3v) is 10.5. The number of nitrogens with zero attached hydrogens (tertiary/aromatic N) is 2. The summed E-state index contributed by atoms with van der Waals surface area (Å²) < 4.78 is 10.8. The van der Waals surface area contributed by atoms with E-state index < -0.39 is 5.60 Å². The maximum atomic E-state index is 11.2. The minimum absolute atomic E-state index is 0.295. The van der Waals surface area contributed by atoms with E-state index in [-0.39, 0.29) is 0 Å². The van der Waals surface area contributed by atoms with Crippen molar-refractivity contribution < 1.29 is 14.6 Å². The average molecular weight is 535 g/mol. The maximum Gasteiger partial charge on any atom is 0.119 e. The van der Waals surface area contributed by atoms with E-state index in [1.807, 2.05) is 24.3 Å². The number of piperidine rings is 1. The van der Waals surface area contributed by atoms with Gasteiger partial charge in [-0.15, -0.1) is 0 Å². The van der Waals surface area contributed by atoms with Crippen molar-refractivity contribution in [3.05, 3.63) is 59.2 Å². The molecule has 0 amide bonds. The van der Waals surface area contributed by atoms with E-state index in [1.165, 1.54) is 51.5 Å². The molecule has 2 aromatic carbocycles. The van der Waals surface area contributed by atoms with Crippen LogP contribution in [0.4, 0.5) is 0 Å². The smallest absolute Gasteiger partial charge is 0.119 e. The molecule has 6 rings (SSSR count). The summed E-state index contributed by atoms with van der Waals surface area (Å²) >= 11 is 0. The SMILES string of the molecule is COc1ccc2c(c1)[C@@]13CCCC[C@@H]1[C@@H](C2)N(C)CC3.COc1cccc([C@@]2(O)CCCC[C@@H]2CN(C)C)c1. The summed E-state index contributed by atoms with van der Waals surface area (Å²) in [7, 11) is 9.93. The Hall–Kier alpha value is -2.08. The average Bonchev–Trinajstić information content (AvgIpc) is 2.96. The van der Waals surface area contributed by atoms with Crippen molar-refractivity contribution >= 4 is 0 Å². The lowest BCUT2D eigenvalue weighted by atomic mass is 9.52. The van der Waals surface area contributed by atoms with E-state index in [2.05, 4.69) is 49.1 Å². The molecule has 5 heteroatoms. The molecule has 0 aromatic heterocycles. The van der Waals surface area contributed by atoms with Crippen LogP contribution < -0.4 is 9.47 Å². The van der Waals surface area contributed by atoms with Crippen molar-refractivity contribution in [3.8, 4) is 11.5 Å². The molecule has 4 aliphatic rings. The molecule has 5 atom stereocenters. The largest absolute Gasteiger partial charge is 0.497 e. The first-order valence-electron chi connectivity index (χ1n) is 15.2. The van der Waals surface area contributed by atoms with Gasteiger partial charge in [0.2, 0.25) is 0 Å². The van der Waals surface area contributed by atoms with Gasteiger partial charge in [0, 0.05) is 23.9 Å². The van der Waals surface area contributed by atoms with Gasteiger partial charge in [0.15, 0.2) is 0 Å². The minimum atomic E-state index is -0.711. The van der Waals surface area contributed by atoms with Crippen LogP contribution in [0.2, 0.25) is 0 Å². The summed E-state index contributed by atoms with van der Waals surface area (Å²) in [5, 5.41) is 11.2. The number of hydrogen-bond acceptors (Lipinski definition) is 5. The highest BCUT2D eigenvalue weighted by atomic mass is 16.5. The molecule has 2 bridgehead atoms. The second-order valence-corrected chi connectivity index (χ2v) is 12.9. The van der Waals surface area contributed by atoms with Crippen molar-refractivity contribution in [2.75, 3.05) is 48.5 Å². The molecule has 1 saturated heterocycles. The zero-order valence-electron chi connectivity index (χ0n) is 24.9. The second kappa shape index (κ2) is 11.8. The van der Waals surface area contributed by atoms with Crippen molar-refractivity contribution in [2.45, 2.75) is 81.3 Å². The highest BCUT2D eigenvalue weighted by Gasteiger charge is 2.53. The predicted octanol–water partition coefficient (Wildman–Crippen LogP) is 6.02. The van der Waals surface area contributed by atoms with Crippen LogP contribution in [0.1, 0.15) is 74.5 Å². The molecule has 3 fully saturated rings. The van der Waals surface area contributed by atoms with Gasteiger partial charge in [-0.2, -0.15) is 0 Å². The minimum Gasteiger partial charge on any atom is -0.497 e. The van der Waals surface area contributed by atoms with E-state index in [1.54, 1.807) is 25.3 Å². The number of likely N-dealkylation sites (tertiary alicyclic amines) is 1. The standard InChI is InChI=1S/C18H25NO.C16H25NO2/c1-19-10-9-18-8-4-3-5-15(18)17(19)11-13-6-7-14(20-2)12-16(13)18;1-17(2)12-14-7-4-5-10-16(14,18)13-8-6-9-15(11-13)19-3/h6-7,12,15,17H,3-5,8-11H2,1-2H3;6,8-9,11,14,18H,4-5,7,10,12H2,1-3H3/t15-,17-,18-;14-,16+/m11/s1. The Morgan fingerprint density at radius 3 is 2.44 bits per heavy atom. The van der Waals surface area contributed by atoms with Gasteiger partial charge < -0.3 is 24.4 Å². The molecular formula is C34H50N2O3. The van der Waals surface area contributed by atoms with Gasteiger partial charge in [-0.3, -0.25) is 0 Å². The molecule has 0 radical (unpaired) electrons. The lowest BCUT2D eigenvalue weighted by molar-refractivity contribution is -0.0619. The Labute approximate surface area is 236 Å². The fourth-order valence-corrected chi connectivity index (χ4v) is 8.49. The number of aliphatic hydroxyl groups is 1. The Morgan fingerprint density at radius 2 is 1.67 bits per heavy atom. The van der Waals surface area contributed by atoms with Crippen molar-refractivity contribution in [1.29, 1.82) is 0 Å². The molecule has 2 saturated carbocycles. The summed E-state index contributed by atoms with van der Waals surface area (Å²) in [6.07, 6.45) is 12.5. The van der Waals surface area contributed by atoms with Gasteiger partial charge in [0.25, 0.3) is 0 Å². The van der Waals surface area contributed by atoms with Gasteiger partial charge in [-0.25, -0.2) is 0 Å². The summed E-state index contributed by atoms with van der Waals surface area (Å²) in [6, 6.07) is 15.5. The molecule has 39 heavy (non-hydrogen) atoms. The number of hydrogen-bond donors (Lipinski definition) is 1. The summed E-state index contributed by atoms with van der Waals surface area (Å²) in [5.74, 6) is 3.03. The first-order chi connectivity index (χ1) is 18.8. The molecule has 1 aliphatic heterocycles. The van der Waals surface area contributed by atoms with E-state index in [9.17, 15) is 5.11 Å². The number of likely N-dealkylation sites (N-methyl/N-ethyl adjacent to an activating group) is 1. The Morgan fingerprint density at radius 1 is 0.923 bits per heavy atom. The molecule has 2 aromatic rings. The van der Waals surface area contributed by atoms with Gasteiger partial charge in [0.05, 0.1) is 19.8 Å². The van der Waals surface area contributed by atoms with Crippen molar-refractivity contribution in [2.24, 2.45) is 11.8 Å². The van der Waals surface area contributed by atoms with E-state index in [0.717, 1.165) is 54.8 Å². The Balaban J connectivity index is 0.000000158. The summed E-state index contributed by atoms with van der Waals surface area (Å²) in [4.78, 5) is 4.79. The van der Waals surface area contributed by atoms with Crippen molar-refractivity contribution in [3.63, 3.8) is 0 Å². The highest BCUT2D eigenvalue weighted by Crippen LogP contribution is 2.56. The fraction of sp³-hybridized carbons (Fsp3) is 0.647. The quantitative estimate of drug-likeness (QED) is 0.508. The summed E-state index contributed by atoms with van der Waals surface area (Å²) in [5.41, 5.74) is 3.96. The molecule has 3 aliphatic carbocycles. The molecular weight excluding hydrogens is 484 g/mol. The third kappa shape index (κ3) is 5.47. The van der Waals surface area contributed by atoms with Gasteiger partial charge in [-0.05, 0) is 113 Å². The van der Waals surface area contributed by atoms with Gasteiger partial charge in [-0.1, -0.05) is 43.9 Å². The maximum absolute atomic E-state index is 11.2. The predicted molar refractivity (Wildman–Crippen MR) is 159 cm³/mol. The fourth-order valence-electron chi connectivity index (χ4n) is 8.49. The van der Waals surface area contributed by atoms with Crippen LogP contribution in [0.15, 0.2) is 42.5 Å². The van der Waals surface area contributed by atoms with Crippen molar-refractivity contribution in [1.82, 2.24) is 9.80 Å². The van der Waals surface area contributed by atoms with Crippen LogP contribution in [0.5, 0.6) is 11.5 Å². The lowest BCUT2D eigenvalue weighted by Crippen LogP contribution is -2.59. The Bertz CT molecular complexity index is 1120. The van der Waals surface area contributed by atoms with Crippen LogP contribution in [0, 0.1) is 11.8 Å². The molecule has 0 spiro atoms. The lowest BCUT2D eigenvalue weighted by Gasteiger charge is -2.58. The number of fused-ring (bicyclic) bond motifs is 1. The van der Waals surface area contributed by atoms with Gasteiger partial charge >= 0.3 is 0 Å². The van der Waals surface area contributed by atoms with E-state index in [4.69, 9.17) is 9.47 Å². The molecule has 5 nitrogen and oxygen atoms in total. The summed E-state index contributed by atoms with van der Waals surface area (Å²) in [6.45, 7) is 2.19. The zero-order valence-corrected chi connectivity index (χ0v) is 24.9. The molecule has 0 unspecified atom stereocenters. The highest BCUT2D eigenvalue weighted by molar-refractivity contribution is 5.45. The number of benzene rings is 2. The molecule has 1 N–H and O–H groups in total. The van der Waals surface area contributed by atoms with Gasteiger partial charge in [0.1, 0.15) is 11.5 Å². The van der Waals surface area contributed by atoms with Crippen LogP contribution in [0.25, 0.3) is 0 Å². The normalized spacial score (nSPS) is 31.9.